The van der Waals surface area contributed by atoms with Crippen LogP contribution in [-0.2, 0) is 21.7 Å². The first-order valence-corrected chi connectivity index (χ1v) is 33.1. The van der Waals surface area contributed by atoms with Crippen LogP contribution in [0.25, 0.3) is 112 Å². The maximum atomic E-state index is 6.35. The largest absolute Gasteiger partial charge is 0.247 e. The molecule has 2 nitrogen and oxygen atoms in total. The molecule has 0 aliphatic heterocycles. The van der Waals surface area contributed by atoms with E-state index in [2.05, 4.69) is 315 Å². The maximum absolute atomic E-state index is 6.35. The molecule has 430 valence electrons. The molecule has 2 heteroatoms. The second-order valence-corrected chi connectivity index (χ2v) is 27.1. The van der Waals surface area contributed by atoms with Gasteiger partial charge in [0.15, 0.2) is 0 Å². The van der Waals surface area contributed by atoms with Gasteiger partial charge in [0.1, 0.15) is 0 Å². The van der Waals surface area contributed by atoms with Crippen LogP contribution in [0.2, 0.25) is 0 Å². The van der Waals surface area contributed by atoms with Gasteiger partial charge in [0, 0.05) is 11.1 Å². The van der Waals surface area contributed by atoms with Crippen LogP contribution < -0.4 is 0 Å². The molecule has 0 amide bonds. The van der Waals surface area contributed by atoms with Gasteiger partial charge in [0.2, 0.25) is 0 Å². The lowest BCUT2D eigenvalue weighted by Gasteiger charge is -2.31. The zero-order valence-corrected chi connectivity index (χ0v) is 50.9. The predicted octanol–water partition coefficient (Wildman–Crippen LogP) is 21.2. The Balaban J connectivity index is 0.759. The van der Waals surface area contributed by atoms with Crippen LogP contribution in [0.5, 0.6) is 0 Å². The summed E-state index contributed by atoms with van der Waals surface area (Å²) >= 11 is 0. The Kier molecular flexibility index (Phi) is 9.12. The van der Waals surface area contributed by atoms with Crippen LogP contribution >= 0.6 is 0 Å². The van der Waals surface area contributed by atoms with Gasteiger partial charge in [0.25, 0.3) is 0 Å². The van der Waals surface area contributed by atoms with Crippen LogP contribution in [0.4, 0.5) is 0 Å². The summed E-state index contributed by atoms with van der Waals surface area (Å²) in [6.45, 7) is 0. The van der Waals surface area contributed by atoms with Gasteiger partial charge in [-0.15, -0.1) is 0 Å². The van der Waals surface area contributed by atoms with Gasteiger partial charge in [0.05, 0.1) is 44.4 Å². The van der Waals surface area contributed by atoms with Crippen molar-refractivity contribution in [1.29, 1.82) is 0 Å². The molecule has 23 rings (SSSR count). The highest BCUT2D eigenvalue weighted by atomic mass is 14.9. The lowest BCUT2D eigenvalue weighted by atomic mass is 9.70. The highest BCUT2D eigenvalue weighted by Gasteiger charge is 2.60. The summed E-state index contributed by atoms with van der Waals surface area (Å²) in [6, 6.07) is 120. The second-order valence-electron chi connectivity index (χ2n) is 27.1. The number of hydrogen-bond donors (Lipinski definition) is 0. The molecule has 1 heterocycles. The zero-order chi connectivity index (χ0) is 61.0. The summed E-state index contributed by atoms with van der Waals surface area (Å²) in [5, 5.41) is 0. The quantitative estimate of drug-likeness (QED) is 0.172. The van der Waals surface area contributed by atoms with Crippen LogP contribution in [-0.4, -0.2) is 9.97 Å². The van der Waals surface area contributed by atoms with E-state index in [1.807, 2.05) is 0 Å². The van der Waals surface area contributed by atoms with Gasteiger partial charge in [-0.3, -0.25) is 0 Å². The van der Waals surface area contributed by atoms with E-state index < -0.39 is 21.7 Å². The number of fused-ring (bicyclic) bond motifs is 40. The summed E-state index contributed by atoms with van der Waals surface area (Å²) in [7, 11) is 0. The minimum atomic E-state index is -0.774. The molecule has 15 aromatic rings. The fourth-order valence-corrected chi connectivity index (χ4v) is 20.2. The number of nitrogens with zero attached hydrogens (tertiary/aromatic N) is 2. The van der Waals surface area contributed by atoms with E-state index in [-0.39, 0.29) is 0 Å². The fourth-order valence-electron chi connectivity index (χ4n) is 20.2. The van der Waals surface area contributed by atoms with Crippen molar-refractivity contribution in [2.24, 2.45) is 0 Å². The van der Waals surface area contributed by atoms with Gasteiger partial charge < -0.3 is 0 Å². The van der Waals surface area contributed by atoms with Crippen molar-refractivity contribution in [1.82, 2.24) is 9.97 Å². The summed E-state index contributed by atoms with van der Waals surface area (Å²) in [5.74, 6) is 0. The molecule has 1 aromatic heterocycles. The zero-order valence-electron chi connectivity index (χ0n) is 50.9. The first kappa shape index (κ1) is 49.9. The van der Waals surface area contributed by atoms with Crippen LogP contribution in [0.3, 0.4) is 0 Å². The minimum Gasteiger partial charge on any atom is -0.247 e. The normalized spacial score (nSPS) is 15.6. The van der Waals surface area contributed by atoms with E-state index in [0.717, 1.165) is 33.9 Å². The smallest absolute Gasteiger partial charge is 0.0941 e. The van der Waals surface area contributed by atoms with E-state index in [9.17, 15) is 0 Å². The molecular formula is C92H52N2. The van der Waals surface area contributed by atoms with Gasteiger partial charge in [-0.25, -0.2) is 9.97 Å². The van der Waals surface area contributed by atoms with Crippen LogP contribution in [0.1, 0.15) is 89.3 Å². The number of benzene rings is 14. The SMILES string of the molecule is c1ccc2c(c1)-c1ccccc1C21c2ccccc2-c2ccc(-c3ccc4c(c3)C3(c5ccccc5-c5ccccc53)c3nc5c(nc3-4)C3(c4ccccc4-c4ccccc43)c3cc(-c4ccc6c(c4)C4(c7ccccc7-c7ccccc74)c4ccccc4-6)ccc3-5)cc21. The molecule has 8 aliphatic carbocycles. The Morgan fingerprint density at radius 1 is 0.149 bits per heavy atom. The van der Waals surface area contributed by atoms with Crippen molar-refractivity contribution in [2.75, 3.05) is 0 Å². The number of aromatic nitrogens is 2. The van der Waals surface area contributed by atoms with Gasteiger partial charge in [-0.1, -0.05) is 291 Å². The summed E-state index contributed by atoms with van der Waals surface area (Å²) < 4.78 is 0. The third-order valence-corrected chi connectivity index (χ3v) is 23.5. The molecule has 0 atom stereocenters. The van der Waals surface area contributed by atoms with Crippen LogP contribution in [0.15, 0.2) is 315 Å². The Morgan fingerprint density at radius 2 is 0.319 bits per heavy atom. The van der Waals surface area contributed by atoms with E-state index in [1.165, 1.54) is 167 Å². The highest BCUT2D eigenvalue weighted by Crippen LogP contribution is 2.69. The molecule has 0 N–H and O–H groups in total. The molecule has 0 fully saturated rings. The Morgan fingerprint density at radius 3 is 0.543 bits per heavy atom. The van der Waals surface area contributed by atoms with Crippen LogP contribution in [0, 0.1) is 0 Å². The molecule has 0 radical (unpaired) electrons. The monoisotopic (exact) mass is 1180 g/mol. The van der Waals surface area contributed by atoms with Crippen molar-refractivity contribution in [3.05, 3.63) is 405 Å². The van der Waals surface area contributed by atoms with Crippen molar-refractivity contribution < 1.29 is 0 Å². The lowest BCUT2D eigenvalue weighted by Crippen LogP contribution is -2.29. The van der Waals surface area contributed by atoms with Crippen molar-refractivity contribution in [2.45, 2.75) is 21.7 Å². The Labute approximate surface area is 544 Å². The topological polar surface area (TPSA) is 25.8 Å². The first-order chi connectivity index (χ1) is 46.6. The standard InChI is InChI=1S/C92H52N2/c1-11-31-71-57(21-1)58-22-2-12-32-72(58)89(71)75-35-15-5-29-65(75)67-45-41-53(49-81(67)89)55-43-47-69-83(51-55)91(77-37-17-7-25-61(77)62-26-8-18-38-78(62)91)87-85(69)93-88-86(94-87)70-48-44-56(52-84(70)92(88)79-39-19-9-27-63(79)64-28-10-20-40-80(64)92)54-42-46-68-66-30-6-16-36-76(66)90(82(68)50-54)73-33-13-3-23-59(73)60-24-4-14-34-74(60)90/h1-52H. The lowest BCUT2D eigenvalue weighted by molar-refractivity contribution is 0.733. The summed E-state index contributed by atoms with van der Waals surface area (Å²) in [4.78, 5) is 12.7. The molecule has 0 saturated carbocycles. The minimum absolute atomic E-state index is 0.461. The maximum Gasteiger partial charge on any atom is 0.0941 e. The molecule has 0 saturated heterocycles. The van der Waals surface area contributed by atoms with Gasteiger partial charge >= 0.3 is 0 Å². The predicted molar refractivity (Wildman–Crippen MR) is 378 cm³/mol. The Bertz CT molecular complexity index is 5450. The third kappa shape index (κ3) is 5.50. The van der Waals surface area contributed by atoms with E-state index in [1.54, 1.807) is 0 Å². The molecule has 8 aliphatic rings. The van der Waals surface area contributed by atoms with Crippen molar-refractivity contribution >= 4 is 0 Å². The van der Waals surface area contributed by atoms with E-state index in [0.29, 0.717) is 0 Å². The van der Waals surface area contributed by atoms with Crippen molar-refractivity contribution in [3.8, 4) is 112 Å². The third-order valence-electron chi connectivity index (χ3n) is 23.5. The molecule has 0 unspecified atom stereocenters. The average molecular weight is 1190 g/mol. The first-order valence-electron chi connectivity index (χ1n) is 33.1. The second kappa shape index (κ2) is 17.2. The fraction of sp³-hybridized carbons (Fsp3) is 0.0435. The van der Waals surface area contributed by atoms with Crippen molar-refractivity contribution in [3.63, 3.8) is 0 Å². The summed E-state index contributed by atoms with van der Waals surface area (Å²) in [6.07, 6.45) is 0. The van der Waals surface area contributed by atoms with E-state index in [4.69, 9.17) is 9.97 Å². The molecule has 14 aromatic carbocycles. The molecule has 0 bridgehead atoms. The highest BCUT2D eigenvalue weighted by molar-refractivity contribution is 6.02. The van der Waals surface area contributed by atoms with Gasteiger partial charge in [-0.2, -0.15) is 0 Å². The number of hydrogen-bond acceptors (Lipinski definition) is 2. The molecule has 94 heavy (non-hydrogen) atoms. The van der Waals surface area contributed by atoms with E-state index >= 15 is 0 Å². The summed E-state index contributed by atoms with van der Waals surface area (Å²) in [5.41, 5.74) is 41.9. The average Bonchev–Trinajstić information content (AvgIpc) is 1.51. The molecular weight excluding hydrogens is 1130 g/mol. The number of rotatable bonds is 2. The molecule has 4 spiro atoms. The Hall–Kier alpha value is -11.8. The van der Waals surface area contributed by atoms with Gasteiger partial charge in [-0.05, 0) is 191 Å².